The van der Waals surface area contributed by atoms with E-state index in [-0.39, 0.29) is 15.5 Å². The first-order valence-electron chi connectivity index (χ1n) is 5.00. The van der Waals surface area contributed by atoms with Gasteiger partial charge in [0.05, 0.1) is 15.0 Å². The lowest BCUT2D eigenvalue weighted by atomic mass is 10.2. The minimum absolute atomic E-state index is 0.167. The van der Waals surface area contributed by atoms with E-state index in [4.69, 9.17) is 11.0 Å². The second-order valence-corrected chi connectivity index (χ2v) is 7.95. The van der Waals surface area contributed by atoms with Crippen LogP contribution in [0.4, 0.5) is 11.4 Å². The number of nitriles is 1. The van der Waals surface area contributed by atoms with E-state index in [2.05, 4.69) is 20.7 Å². The Labute approximate surface area is 122 Å². The molecule has 5 nitrogen and oxygen atoms in total. The van der Waals surface area contributed by atoms with Crippen LogP contribution in [0.3, 0.4) is 0 Å². The zero-order chi connectivity index (χ0) is 14.0. The number of hydrogen-bond acceptors (Lipinski definition) is 5. The van der Waals surface area contributed by atoms with Gasteiger partial charge in [0, 0.05) is 5.69 Å². The fourth-order valence-corrected chi connectivity index (χ4v) is 4.47. The van der Waals surface area contributed by atoms with Gasteiger partial charge < -0.3 is 5.73 Å². The summed E-state index contributed by atoms with van der Waals surface area (Å²) in [5, 5.41) is 8.97. The molecule has 19 heavy (non-hydrogen) atoms. The summed E-state index contributed by atoms with van der Waals surface area (Å²) in [6.45, 7) is 0. The van der Waals surface area contributed by atoms with E-state index in [0.717, 1.165) is 11.3 Å². The summed E-state index contributed by atoms with van der Waals surface area (Å²) >= 11 is 4.29. The molecule has 0 aliphatic heterocycles. The Hall–Kier alpha value is -1.56. The fraction of sp³-hybridized carbons (Fsp3) is 0. The molecular weight excluding hydrogens is 350 g/mol. The van der Waals surface area contributed by atoms with Crippen LogP contribution in [0.2, 0.25) is 0 Å². The van der Waals surface area contributed by atoms with Crippen molar-refractivity contribution < 1.29 is 8.42 Å². The van der Waals surface area contributed by atoms with Crippen LogP contribution < -0.4 is 10.5 Å². The normalized spacial score (nSPS) is 10.9. The number of anilines is 2. The predicted molar refractivity (Wildman–Crippen MR) is 78.4 cm³/mol. The maximum absolute atomic E-state index is 12.1. The molecular formula is C11H8BrN3O2S2. The van der Waals surface area contributed by atoms with E-state index in [1.165, 1.54) is 24.3 Å². The van der Waals surface area contributed by atoms with Crippen LogP contribution in [-0.4, -0.2) is 8.42 Å². The van der Waals surface area contributed by atoms with E-state index in [0.29, 0.717) is 9.47 Å². The van der Waals surface area contributed by atoms with Crippen LogP contribution in [-0.2, 0) is 10.0 Å². The van der Waals surface area contributed by atoms with Gasteiger partial charge in [-0.15, -0.1) is 11.3 Å². The molecule has 2 rings (SSSR count). The number of nitrogens with two attached hydrogens (primary N) is 1. The van der Waals surface area contributed by atoms with Crippen molar-refractivity contribution in [3.8, 4) is 6.07 Å². The summed E-state index contributed by atoms with van der Waals surface area (Å²) in [5.41, 5.74) is 6.34. The Kier molecular flexibility index (Phi) is 3.80. The third-order valence-corrected chi connectivity index (χ3v) is 5.70. The predicted octanol–water partition coefficient (Wildman–Crippen LogP) is 2.77. The molecule has 0 saturated carbocycles. The second-order valence-electron chi connectivity index (χ2n) is 3.58. The van der Waals surface area contributed by atoms with Gasteiger partial charge in [-0.3, -0.25) is 4.72 Å². The lowest BCUT2D eigenvalue weighted by molar-refractivity contribution is 0.603. The number of sulfonamides is 1. The topological polar surface area (TPSA) is 96.0 Å². The molecule has 0 saturated heterocycles. The standard InChI is InChI=1S/C11H8BrN3O2S2/c12-10-3-4-11(18-10)19(16,17)15-9-2-1-8(14)5-7(9)6-13/h1-5,15H,14H2. The van der Waals surface area contributed by atoms with Gasteiger partial charge >= 0.3 is 0 Å². The first-order valence-corrected chi connectivity index (χ1v) is 8.09. The Morgan fingerprint density at radius 3 is 2.63 bits per heavy atom. The largest absolute Gasteiger partial charge is 0.399 e. The number of nitrogens with zero attached hydrogens (tertiary/aromatic N) is 1. The average molecular weight is 358 g/mol. The average Bonchev–Trinajstić information content (AvgIpc) is 2.79. The van der Waals surface area contributed by atoms with Crippen LogP contribution in [0.15, 0.2) is 38.3 Å². The first kappa shape index (κ1) is 13.9. The molecule has 0 atom stereocenters. The molecule has 0 aliphatic rings. The minimum Gasteiger partial charge on any atom is -0.399 e. The van der Waals surface area contributed by atoms with Crippen molar-refractivity contribution in [2.45, 2.75) is 4.21 Å². The van der Waals surface area contributed by atoms with Gasteiger partial charge in [-0.2, -0.15) is 5.26 Å². The summed E-state index contributed by atoms with van der Waals surface area (Å²) in [6.07, 6.45) is 0. The van der Waals surface area contributed by atoms with Crippen molar-refractivity contribution in [2.24, 2.45) is 0 Å². The Balaban J connectivity index is 2.39. The van der Waals surface area contributed by atoms with Gasteiger partial charge in [-0.05, 0) is 46.3 Å². The van der Waals surface area contributed by atoms with Crippen molar-refractivity contribution in [1.82, 2.24) is 0 Å². The van der Waals surface area contributed by atoms with Crippen LogP contribution in [0.1, 0.15) is 5.56 Å². The summed E-state index contributed by atoms with van der Waals surface area (Å²) in [5.74, 6) is 0. The minimum atomic E-state index is -3.69. The van der Waals surface area contributed by atoms with Gasteiger partial charge in [-0.25, -0.2) is 8.42 Å². The summed E-state index contributed by atoms with van der Waals surface area (Å²) < 4.78 is 27.5. The molecule has 0 aliphatic carbocycles. The first-order chi connectivity index (χ1) is 8.92. The second kappa shape index (κ2) is 5.21. The van der Waals surface area contributed by atoms with Gasteiger partial charge in [0.1, 0.15) is 10.3 Å². The van der Waals surface area contributed by atoms with E-state index in [1.54, 1.807) is 6.07 Å². The number of nitrogen functional groups attached to an aromatic ring is 1. The van der Waals surface area contributed by atoms with Crippen molar-refractivity contribution in [3.05, 3.63) is 39.7 Å². The number of thiophene rings is 1. The number of rotatable bonds is 3. The summed E-state index contributed by atoms with van der Waals surface area (Å²) in [4.78, 5) is 0. The van der Waals surface area contributed by atoms with Crippen molar-refractivity contribution in [3.63, 3.8) is 0 Å². The molecule has 1 aromatic heterocycles. The van der Waals surface area contributed by atoms with Crippen molar-refractivity contribution in [2.75, 3.05) is 10.5 Å². The summed E-state index contributed by atoms with van der Waals surface area (Å²) in [6, 6.07) is 9.45. The third-order valence-electron chi connectivity index (χ3n) is 2.22. The molecule has 1 heterocycles. The highest BCUT2D eigenvalue weighted by Crippen LogP contribution is 2.28. The molecule has 0 bridgehead atoms. The highest BCUT2D eigenvalue weighted by atomic mass is 79.9. The zero-order valence-electron chi connectivity index (χ0n) is 9.42. The van der Waals surface area contributed by atoms with Crippen LogP contribution in [0.5, 0.6) is 0 Å². The molecule has 0 amide bonds. The van der Waals surface area contributed by atoms with Gasteiger partial charge in [0.15, 0.2) is 0 Å². The van der Waals surface area contributed by atoms with Gasteiger partial charge in [0.2, 0.25) is 0 Å². The molecule has 1 aromatic carbocycles. The molecule has 0 fully saturated rings. The SMILES string of the molecule is N#Cc1cc(N)ccc1NS(=O)(=O)c1ccc(Br)s1. The Morgan fingerprint density at radius 1 is 1.32 bits per heavy atom. The smallest absolute Gasteiger partial charge is 0.271 e. The molecule has 0 spiro atoms. The quantitative estimate of drug-likeness (QED) is 0.825. The third kappa shape index (κ3) is 3.07. The summed E-state index contributed by atoms with van der Waals surface area (Å²) in [7, 11) is -3.69. The molecule has 0 radical (unpaired) electrons. The van der Waals surface area contributed by atoms with Crippen LogP contribution in [0.25, 0.3) is 0 Å². The van der Waals surface area contributed by atoms with E-state index in [1.807, 2.05) is 6.07 Å². The number of halogens is 1. The van der Waals surface area contributed by atoms with Crippen LogP contribution >= 0.6 is 27.3 Å². The number of hydrogen-bond donors (Lipinski definition) is 2. The lowest BCUT2D eigenvalue weighted by Gasteiger charge is -2.08. The van der Waals surface area contributed by atoms with Crippen molar-refractivity contribution >= 4 is 48.7 Å². The molecule has 98 valence electrons. The van der Waals surface area contributed by atoms with E-state index < -0.39 is 10.0 Å². The zero-order valence-corrected chi connectivity index (χ0v) is 12.6. The highest BCUT2D eigenvalue weighted by Gasteiger charge is 2.18. The van der Waals surface area contributed by atoms with Crippen LogP contribution in [0, 0.1) is 11.3 Å². The Bertz CT molecular complexity index is 762. The lowest BCUT2D eigenvalue weighted by Crippen LogP contribution is -2.12. The Morgan fingerprint density at radius 2 is 2.05 bits per heavy atom. The maximum atomic E-state index is 12.1. The number of nitrogens with one attached hydrogen (secondary N) is 1. The van der Waals surface area contributed by atoms with E-state index >= 15 is 0 Å². The highest BCUT2D eigenvalue weighted by molar-refractivity contribution is 9.11. The molecule has 2 aromatic rings. The monoisotopic (exact) mass is 357 g/mol. The van der Waals surface area contributed by atoms with Gasteiger partial charge in [-0.1, -0.05) is 0 Å². The van der Waals surface area contributed by atoms with Crippen molar-refractivity contribution in [1.29, 1.82) is 5.26 Å². The molecule has 3 N–H and O–H groups in total. The number of benzene rings is 1. The molecule has 8 heteroatoms. The molecule has 0 unspecified atom stereocenters. The fourth-order valence-electron chi connectivity index (χ4n) is 1.38. The van der Waals surface area contributed by atoms with E-state index in [9.17, 15) is 8.42 Å². The van der Waals surface area contributed by atoms with Gasteiger partial charge in [0.25, 0.3) is 10.0 Å². The maximum Gasteiger partial charge on any atom is 0.271 e.